The van der Waals surface area contributed by atoms with Gasteiger partial charge in [0.1, 0.15) is 0 Å². The molecule has 0 atom stereocenters. The second kappa shape index (κ2) is 8.98. The van der Waals surface area contributed by atoms with Crippen molar-refractivity contribution < 1.29 is 23.9 Å². The van der Waals surface area contributed by atoms with Crippen LogP contribution in [-0.4, -0.2) is 55.0 Å². The number of nitrogens with zero attached hydrogens (tertiary/aromatic N) is 1. The van der Waals surface area contributed by atoms with E-state index in [0.29, 0.717) is 17.7 Å². The lowest BCUT2D eigenvalue weighted by Gasteiger charge is -2.13. The number of hydrogen-bond donors (Lipinski definition) is 2. The van der Waals surface area contributed by atoms with Crippen LogP contribution in [0.4, 0.5) is 4.79 Å². The Kier molecular flexibility index (Phi) is 6.71. The van der Waals surface area contributed by atoms with Crippen molar-refractivity contribution in [2.45, 2.75) is 20.3 Å². The number of imide groups is 1. The average Bonchev–Trinajstić information content (AvgIpc) is 2.86. The third kappa shape index (κ3) is 5.05. The van der Waals surface area contributed by atoms with E-state index in [4.69, 9.17) is 4.74 Å². The maximum atomic E-state index is 12.2. The Bertz CT molecular complexity index is 667. The first-order valence-corrected chi connectivity index (χ1v) is 8.52. The summed E-state index contributed by atoms with van der Waals surface area (Å²) in [4.78, 5) is 48.6. The summed E-state index contributed by atoms with van der Waals surface area (Å²) in [5.74, 6) is -0.817. The number of carbonyl (C=O) groups is 4. The van der Waals surface area contributed by atoms with E-state index in [0.717, 1.165) is 4.90 Å². The van der Waals surface area contributed by atoms with Gasteiger partial charge >= 0.3 is 6.09 Å². The first-order chi connectivity index (χ1) is 12.4. The van der Waals surface area contributed by atoms with Crippen LogP contribution in [0.2, 0.25) is 0 Å². The Morgan fingerprint density at radius 2 is 1.62 bits per heavy atom. The molecule has 0 spiro atoms. The van der Waals surface area contributed by atoms with Gasteiger partial charge in [0.15, 0.2) is 0 Å². The fraction of sp³-hybridized carbons (Fsp3) is 0.444. The molecule has 0 aromatic heterocycles. The van der Waals surface area contributed by atoms with Crippen LogP contribution in [0.3, 0.4) is 0 Å². The van der Waals surface area contributed by atoms with Gasteiger partial charge in [0, 0.05) is 26.1 Å². The van der Waals surface area contributed by atoms with Gasteiger partial charge in [-0.25, -0.2) is 4.79 Å². The van der Waals surface area contributed by atoms with Crippen LogP contribution in [0.5, 0.6) is 0 Å². The van der Waals surface area contributed by atoms with Gasteiger partial charge in [-0.1, -0.05) is 26.0 Å². The highest BCUT2D eigenvalue weighted by Gasteiger charge is 2.34. The van der Waals surface area contributed by atoms with Crippen LogP contribution < -0.4 is 10.6 Å². The molecule has 8 nitrogen and oxygen atoms in total. The second-order valence-electron chi connectivity index (χ2n) is 6.33. The smallest absolute Gasteiger partial charge is 0.407 e. The number of alkyl carbamates (subject to hydrolysis) is 1. The number of carbonyl (C=O) groups excluding carboxylic acids is 4. The number of fused-ring (bicyclic) bond motifs is 1. The van der Waals surface area contributed by atoms with E-state index >= 15 is 0 Å². The molecule has 2 N–H and O–H groups in total. The summed E-state index contributed by atoms with van der Waals surface area (Å²) in [6, 6.07) is 6.58. The molecule has 1 aromatic carbocycles. The summed E-state index contributed by atoms with van der Waals surface area (Å²) in [6.45, 7) is 4.68. The van der Waals surface area contributed by atoms with Crippen molar-refractivity contribution in [1.29, 1.82) is 0 Å². The Balaban J connectivity index is 1.66. The average molecular weight is 361 g/mol. The van der Waals surface area contributed by atoms with Gasteiger partial charge in [-0.3, -0.25) is 19.3 Å². The quantitative estimate of drug-likeness (QED) is 0.534. The van der Waals surface area contributed by atoms with Gasteiger partial charge in [0.2, 0.25) is 5.91 Å². The van der Waals surface area contributed by atoms with Gasteiger partial charge in [-0.15, -0.1) is 0 Å². The lowest BCUT2D eigenvalue weighted by atomic mass is 10.1. The minimum atomic E-state index is -0.529. The van der Waals surface area contributed by atoms with Crippen LogP contribution in [0, 0.1) is 5.92 Å². The second-order valence-corrected chi connectivity index (χ2v) is 6.33. The van der Waals surface area contributed by atoms with E-state index < -0.39 is 6.09 Å². The van der Waals surface area contributed by atoms with Gasteiger partial charge in [-0.05, 0) is 18.1 Å². The molecule has 0 bridgehead atoms. The van der Waals surface area contributed by atoms with Crippen LogP contribution in [0.1, 0.15) is 41.0 Å². The lowest BCUT2D eigenvalue weighted by Crippen LogP contribution is -2.38. The summed E-state index contributed by atoms with van der Waals surface area (Å²) in [5.41, 5.74) is 0.726. The van der Waals surface area contributed by atoms with Crippen molar-refractivity contribution in [1.82, 2.24) is 15.5 Å². The molecule has 0 saturated carbocycles. The third-order valence-corrected chi connectivity index (χ3v) is 3.70. The molecule has 26 heavy (non-hydrogen) atoms. The van der Waals surface area contributed by atoms with E-state index in [9.17, 15) is 19.2 Å². The van der Waals surface area contributed by atoms with E-state index in [-0.39, 0.29) is 49.7 Å². The molecule has 1 heterocycles. The number of hydrogen-bond acceptors (Lipinski definition) is 5. The summed E-state index contributed by atoms with van der Waals surface area (Å²) in [7, 11) is 0. The summed E-state index contributed by atoms with van der Waals surface area (Å²) < 4.78 is 4.94. The Hall–Kier alpha value is -2.90. The van der Waals surface area contributed by atoms with Gasteiger partial charge in [0.05, 0.1) is 17.7 Å². The molecule has 4 amide bonds. The molecular weight excluding hydrogens is 338 g/mol. The van der Waals surface area contributed by atoms with Crippen molar-refractivity contribution in [3.63, 3.8) is 0 Å². The van der Waals surface area contributed by atoms with E-state index in [1.54, 1.807) is 24.3 Å². The predicted octanol–water partition coefficient (Wildman–Crippen LogP) is 1.17. The molecule has 8 heteroatoms. The molecule has 0 unspecified atom stereocenters. The zero-order valence-corrected chi connectivity index (χ0v) is 14.9. The monoisotopic (exact) mass is 361 g/mol. The highest BCUT2D eigenvalue weighted by atomic mass is 16.5. The highest BCUT2D eigenvalue weighted by Crippen LogP contribution is 2.22. The Morgan fingerprint density at radius 1 is 1.04 bits per heavy atom. The fourth-order valence-electron chi connectivity index (χ4n) is 2.40. The van der Waals surface area contributed by atoms with Crippen LogP contribution in [0.15, 0.2) is 24.3 Å². The fourth-order valence-corrected chi connectivity index (χ4v) is 2.40. The van der Waals surface area contributed by atoms with Crippen molar-refractivity contribution in [3.8, 4) is 0 Å². The van der Waals surface area contributed by atoms with Crippen LogP contribution in [-0.2, 0) is 9.53 Å². The lowest BCUT2D eigenvalue weighted by molar-refractivity contribution is -0.121. The topological polar surface area (TPSA) is 105 Å². The first-order valence-electron chi connectivity index (χ1n) is 8.52. The van der Waals surface area contributed by atoms with Crippen LogP contribution >= 0.6 is 0 Å². The molecule has 0 saturated heterocycles. The number of nitrogens with one attached hydrogen (secondary N) is 2. The largest absolute Gasteiger partial charge is 0.449 e. The van der Waals surface area contributed by atoms with Gasteiger partial charge < -0.3 is 15.4 Å². The minimum Gasteiger partial charge on any atom is -0.449 e. The van der Waals surface area contributed by atoms with E-state index in [1.807, 2.05) is 13.8 Å². The Morgan fingerprint density at radius 3 is 2.19 bits per heavy atom. The van der Waals surface area contributed by atoms with Gasteiger partial charge in [-0.2, -0.15) is 0 Å². The third-order valence-electron chi connectivity index (χ3n) is 3.70. The van der Waals surface area contributed by atoms with Crippen molar-refractivity contribution in [2.75, 3.05) is 26.2 Å². The minimum absolute atomic E-state index is 0.00324. The Labute approximate surface area is 151 Å². The zero-order chi connectivity index (χ0) is 19.1. The van der Waals surface area contributed by atoms with Crippen molar-refractivity contribution >= 4 is 23.8 Å². The molecule has 140 valence electrons. The predicted molar refractivity (Wildman–Crippen MR) is 93.6 cm³/mol. The molecule has 0 radical (unpaired) electrons. The maximum Gasteiger partial charge on any atom is 0.407 e. The number of amides is 4. The van der Waals surface area contributed by atoms with Crippen molar-refractivity contribution in [2.24, 2.45) is 5.92 Å². The molecule has 1 aliphatic heterocycles. The molecular formula is C18H23N3O5. The number of ether oxygens (including phenoxy) is 1. The molecule has 1 aromatic rings. The molecule has 0 fully saturated rings. The van der Waals surface area contributed by atoms with Gasteiger partial charge in [0.25, 0.3) is 11.8 Å². The normalized spacial score (nSPS) is 13.0. The van der Waals surface area contributed by atoms with Crippen molar-refractivity contribution in [3.05, 3.63) is 35.4 Å². The van der Waals surface area contributed by atoms with E-state index in [1.165, 1.54) is 0 Å². The number of benzene rings is 1. The van der Waals surface area contributed by atoms with Crippen LogP contribution in [0.25, 0.3) is 0 Å². The standard InChI is InChI=1S/C18H23N3O5/c1-12(2)11-26-18(25)20-9-8-19-15(22)7-10-21-16(23)13-5-3-4-6-14(13)17(21)24/h3-6,12H,7-11H2,1-2H3,(H,19,22)(H,20,25). The maximum absolute atomic E-state index is 12.2. The summed E-state index contributed by atoms with van der Waals surface area (Å²) in [6.07, 6.45) is -0.525. The molecule has 1 aliphatic rings. The first kappa shape index (κ1) is 19.4. The SMILES string of the molecule is CC(C)COC(=O)NCCNC(=O)CCN1C(=O)c2ccccc2C1=O. The number of rotatable bonds is 8. The molecule has 2 rings (SSSR count). The highest BCUT2D eigenvalue weighted by molar-refractivity contribution is 6.21. The summed E-state index contributed by atoms with van der Waals surface area (Å²) in [5, 5.41) is 5.14. The van der Waals surface area contributed by atoms with E-state index in [2.05, 4.69) is 10.6 Å². The summed E-state index contributed by atoms with van der Waals surface area (Å²) >= 11 is 0. The zero-order valence-electron chi connectivity index (χ0n) is 14.9. The molecule has 0 aliphatic carbocycles.